The van der Waals surface area contributed by atoms with E-state index in [2.05, 4.69) is 5.32 Å². The Morgan fingerprint density at radius 2 is 2.12 bits per heavy atom. The summed E-state index contributed by atoms with van der Waals surface area (Å²) in [5.41, 5.74) is 2.04. The number of benzene rings is 1. The van der Waals surface area contributed by atoms with Crippen molar-refractivity contribution in [3.63, 3.8) is 0 Å². The van der Waals surface area contributed by atoms with E-state index in [1.54, 1.807) is 4.90 Å². The normalized spacial score (nSPS) is 14.0. The molecular formula is C12H14N2O3. The first-order chi connectivity index (χ1) is 8.18. The van der Waals surface area contributed by atoms with Gasteiger partial charge in [0.1, 0.15) is 6.54 Å². The topological polar surface area (TPSA) is 69.6 Å². The first-order valence-corrected chi connectivity index (χ1v) is 5.53. The minimum Gasteiger partial charge on any atom is -0.465 e. The summed E-state index contributed by atoms with van der Waals surface area (Å²) < 4.78 is 0. The van der Waals surface area contributed by atoms with Gasteiger partial charge in [-0.25, -0.2) is 4.79 Å². The molecule has 0 atom stereocenters. The van der Waals surface area contributed by atoms with Crippen LogP contribution < -0.4 is 10.2 Å². The lowest BCUT2D eigenvalue weighted by Gasteiger charge is -2.29. The number of aryl methyl sites for hydroxylation is 1. The smallest absolute Gasteiger partial charge is 0.405 e. The summed E-state index contributed by atoms with van der Waals surface area (Å²) in [7, 11) is 0. The molecule has 0 aliphatic carbocycles. The van der Waals surface area contributed by atoms with E-state index < -0.39 is 6.09 Å². The van der Waals surface area contributed by atoms with Crippen molar-refractivity contribution in [3.05, 3.63) is 29.8 Å². The molecule has 0 saturated carbocycles. The molecule has 1 aliphatic heterocycles. The number of para-hydroxylation sites is 1. The van der Waals surface area contributed by atoms with Crippen molar-refractivity contribution in [2.75, 3.05) is 18.0 Å². The molecular weight excluding hydrogens is 220 g/mol. The Bertz CT molecular complexity index is 445. The summed E-state index contributed by atoms with van der Waals surface area (Å²) in [6.45, 7) is 0.473. The molecule has 2 N–H and O–H groups in total. The van der Waals surface area contributed by atoms with Crippen LogP contribution in [0.5, 0.6) is 0 Å². The second-order valence-corrected chi connectivity index (χ2v) is 3.94. The third-order valence-electron chi connectivity index (χ3n) is 2.80. The van der Waals surface area contributed by atoms with Gasteiger partial charge in [-0.05, 0) is 24.5 Å². The van der Waals surface area contributed by atoms with Crippen LogP contribution in [0, 0.1) is 0 Å². The van der Waals surface area contributed by atoms with Crippen molar-refractivity contribution in [1.82, 2.24) is 5.32 Å². The van der Waals surface area contributed by atoms with Gasteiger partial charge in [-0.1, -0.05) is 18.2 Å². The van der Waals surface area contributed by atoms with Gasteiger partial charge in [-0.2, -0.15) is 0 Å². The van der Waals surface area contributed by atoms with Crippen molar-refractivity contribution in [3.8, 4) is 0 Å². The molecule has 1 aromatic carbocycles. The zero-order valence-electron chi connectivity index (χ0n) is 9.35. The number of carbonyl (C=O) groups is 2. The van der Waals surface area contributed by atoms with Crippen LogP contribution in [0.25, 0.3) is 0 Å². The van der Waals surface area contributed by atoms with Crippen LogP contribution in [0.2, 0.25) is 0 Å². The van der Waals surface area contributed by atoms with Crippen LogP contribution in [-0.4, -0.2) is 30.2 Å². The lowest BCUT2D eigenvalue weighted by molar-refractivity contribution is -0.117. The molecule has 2 amide bonds. The largest absolute Gasteiger partial charge is 0.465 e. The SMILES string of the molecule is O=C(O)NCC(=O)N1CCCc2ccccc21. The Kier molecular flexibility index (Phi) is 3.27. The van der Waals surface area contributed by atoms with Crippen molar-refractivity contribution >= 4 is 17.7 Å². The van der Waals surface area contributed by atoms with E-state index >= 15 is 0 Å². The Balaban J connectivity index is 2.12. The molecule has 5 nitrogen and oxygen atoms in total. The second-order valence-electron chi connectivity index (χ2n) is 3.94. The maximum atomic E-state index is 11.9. The summed E-state index contributed by atoms with van der Waals surface area (Å²) in [5.74, 6) is -0.209. The number of nitrogens with zero attached hydrogens (tertiary/aromatic N) is 1. The average molecular weight is 234 g/mol. The van der Waals surface area contributed by atoms with Crippen LogP contribution in [-0.2, 0) is 11.2 Å². The van der Waals surface area contributed by atoms with E-state index in [-0.39, 0.29) is 12.5 Å². The molecule has 0 radical (unpaired) electrons. The highest BCUT2D eigenvalue weighted by Gasteiger charge is 2.21. The van der Waals surface area contributed by atoms with Crippen LogP contribution in [0.3, 0.4) is 0 Å². The van der Waals surface area contributed by atoms with Crippen molar-refractivity contribution in [1.29, 1.82) is 0 Å². The maximum absolute atomic E-state index is 11.9. The minimum atomic E-state index is -1.18. The van der Waals surface area contributed by atoms with Gasteiger partial charge < -0.3 is 15.3 Å². The highest BCUT2D eigenvalue weighted by atomic mass is 16.4. The molecule has 2 rings (SSSR count). The summed E-state index contributed by atoms with van der Waals surface area (Å²) in [4.78, 5) is 23.9. The predicted octanol–water partition coefficient (Wildman–Crippen LogP) is 1.23. The maximum Gasteiger partial charge on any atom is 0.405 e. The quantitative estimate of drug-likeness (QED) is 0.808. The third-order valence-corrected chi connectivity index (χ3v) is 2.80. The van der Waals surface area contributed by atoms with Gasteiger partial charge in [0, 0.05) is 12.2 Å². The third kappa shape index (κ3) is 2.55. The number of carboxylic acid groups (broad SMARTS) is 1. The van der Waals surface area contributed by atoms with Crippen molar-refractivity contribution < 1.29 is 14.7 Å². The average Bonchev–Trinajstić information content (AvgIpc) is 2.35. The van der Waals surface area contributed by atoms with Gasteiger partial charge >= 0.3 is 6.09 Å². The van der Waals surface area contributed by atoms with E-state index in [1.807, 2.05) is 24.3 Å². The van der Waals surface area contributed by atoms with Gasteiger partial charge in [0.25, 0.3) is 0 Å². The molecule has 1 heterocycles. The highest BCUT2D eigenvalue weighted by molar-refractivity contribution is 5.97. The summed E-state index contributed by atoms with van der Waals surface area (Å²) in [5, 5.41) is 10.6. The van der Waals surface area contributed by atoms with Gasteiger partial charge in [0.05, 0.1) is 0 Å². The molecule has 0 fully saturated rings. The zero-order valence-corrected chi connectivity index (χ0v) is 9.35. The standard InChI is InChI=1S/C12H14N2O3/c15-11(8-13-12(16)17)14-7-3-5-9-4-1-2-6-10(9)14/h1-2,4,6,13H,3,5,7-8H2,(H,16,17). The fourth-order valence-electron chi connectivity index (χ4n) is 2.04. The van der Waals surface area contributed by atoms with Crippen LogP contribution in [0.15, 0.2) is 24.3 Å². The number of hydrogen-bond donors (Lipinski definition) is 2. The van der Waals surface area contributed by atoms with Gasteiger partial charge in [0.15, 0.2) is 0 Å². The molecule has 0 unspecified atom stereocenters. The van der Waals surface area contributed by atoms with Crippen molar-refractivity contribution in [2.45, 2.75) is 12.8 Å². The molecule has 5 heteroatoms. The summed E-state index contributed by atoms with van der Waals surface area (Å²) >= 11 is 0. The molecule has 1 aromatic rings. The number of rotatable bonds is 2. The molecule has 0 bridgehead atoms. The fraction of sp³-hybridized carbons (Fsp3) is 0.333. The molecule has 0 spiro atoms. The summed E-state index contributed by atoms with van der Waals surface area (Å²) in [6, 6.07) is 7.73. The van der Waals surface area contributed by atoms with E-state index in [0.717, 1.165) is 24.1 Å². The Labute approximate surface area is 99.0 Å². The minimum absolute atomic E-state index is 0.177. The van der Waals surface area contributed by atoms with E-state index in [4.69, 9.17) is 5.11 Å². The number of fused-ring (bicyclic) bond motifs is 1. The zero-order chi connectivity index (χ0) is 12.3. The second kappa shape index (κ2) is 4.86. The molecule has 17 heavy (non-hydrogen) atoms. The van der Waals surface area contributed by atoms with Crippen LogP contribution >= 0.6 is 0 Å². The van der Waals surface area contributed by atoms with E-state index in [1.165, 1.54) is 0 Å². The molecule has 90 valence electrons. The van der Waals surface area contributed by atoms with Gasteiger partial charge in [-0.3, -0.25) is 4.79 Å². The Morgan fingerprint density at radius 3 is 2.88 bits per heavy atom. The van der Waals surface area contributed by atoms with E-state index in [9.17, 15) is 9.59 Å². The number of carbonyl (C=O) groups excluding carboxylic acids is 1. The first-order valence-electron chi connectivity index (χ1n) is 5.53. The highest BCUT2D eigenvalue weighted by Crippen LogP contribution is 2.26. The number of anilines is 1. The lowest BCUT2D eigenvalue weighted by Crippen LogP contribution is -2.42. The van der Waals surface area contributed by atoms with Gasteiger partial charge in [0.2, 0.25) is 5.91 Å². The molecule has 0 aromatic heterocycles. The van der Waals surface area contributed by atoms with E-state index in [0.29, 0.717) is 6.54 Å². The van der Waals surface area contributed by atoms with Gasteiger partial charge in [-0.15, -0.1) is 0 Å². The van der Waals surface area contributed by atoms with Crippen LogP contribution in [0.1, 0.15) is 12.0 Å². The fourth-order valence-corrected chi connectivity index (χ4v) is 2.04. The summed E-state index contributed by atoms with van der Waals surface area (Å²) in [6.07, 6.45) is 0.700. The lowest BCUT2D eigenvalue weighted by atomic mass is 10.0. The number of nitrogens with one attached hydrogen (secondary N) is 1. The molecule has 1 aliphatic rings. The first kappa shape index (κ1) is 11.4. The predicted molar refractivity (Wildman–Crippen MR) is 63.1 cm³/mol. The Morgan fingerprint density at radius 1 is 1.35 bits per heavy atom. The Hall–Kier alpha value is -2.04. The monoisotopic (exact) mass is 234 g/mol. The molecule has 0 saturated heterocycles. The van der Waals surface area contributed by atoms with Crippen molar-refractivity contribution in [2.24, 2.45) is 0 Å². The number of hydrogen-bond acceptors (Lipinski definition) is 2. The van der Waals surface area contributed by atoms with Crippen LogP contribution in [0.4, 0.5) is 10.5 Å². The number of amides is 2.